The van der Waals surface area contributed by atoms with Crippen molar-refractivity contribution in [1.29, 1.82) is 0 Å². The summed E-state index contributed by atoms with van der Waals surface area (Å²) in [5.41, 5.74) is 1.19. The fraction of sp³-hybridized carbons (Fsp3) is 0.647. The molecule has 0 amide bonds. The van der Waals surface area contributed by atoms with Crippen molar-refractivity contribution in [2.45, 2.75) is 52.2 Å². The average molecular weight is 296 g/mol. The van der Waals surface area contributed by atoms with E-state index in [2.05, 4.69) is 32.2 Å². The van der Waals surface area contributed by atoms with Gasteiger partial charge in [-0.1, -0.05) is 31.5 Å². The molecule has 2 rings (SSSR count). The smallest absolute Gasteiger partial charge is 0.138 e. The number of benzene rings is 1. The zero-order chi connectivity index (χ0) is 14.7. The molecule has 2 nitrogen and oxygen atoms in total. The minimum Gasteiger partial charge on any atom is -0.489 e. The molecule has 1 saturated carbocycles. The van der Waals surface area contributed by atoms with Crippen LogP contribution in [0.25, 0.3) is 0 Å². The van der Waals surface area contributed by atoms with E-state index in [9.17, 15) is 0 Å². The average Bonchev–Trinajstić information content (AvgIpc) is 2.44. The van der Waals surface area contributed by atoms with Crippen LogP contribution in [0.1, 0.15) is 51.6 Å². The fourth-order valence-electron chi connectivity index (χ4n) is 2.83. The summed E-state index contributed by atoms with van der Waals surface area (Å²) in [6, 6.07) is 6.41. The van der Waals surface area contributed by atoms with Gasteiger partial charge >= 0.3 is 0 Å². The van der Waals surface area contributed by atoms with Crippen LogP contribution in [-0.2, 0) is 0 Å². The lowest BCUT2D eigenvalue weighted by Gasteiger charge is -2.32. The summed E-state index contributed by atoms with van der Waals surface area (Å²) in [4.78, 5) is 0. The van der Waals surface area contributed by atoms with Crippen LogP contribution in [0.2, 0.25) is 5.02 Å². The summed E-state index contributed by atoms with van der Waals surface area (Å²) in [5, 5.41) is 3.94. The SMILES string of the molecule is CNC(C)c1ccc(OC2CCC(C)C(C)C2)c(Cl)c1. The summed E-state index contributed by atoms with van der Waals surface area (Å²) in [5.74, 6) is 2.37. The van der Waals surface area contributed by atoms with Crippen LogP contribution >= 0.6 is 11.6 Å². The van der Waals surface area contributed by atoms with Crippen molar-refractivity contribution in [3.8, 4) is 5.75 Å². The predicted octanol–water partition coefficient (Wildman–Crippen LogP) is 4.82. The van der Waals surface area contributed by atoms with Gasteiger partial charge in [0.2, 0.25) is 0 Å². The molecule has 0 saturated heterocycles. The molecule has 3 heteroatoms. The molecule has 1 aliphatic rings. The second kappa shape index (κ2) is 6.82. The molecule has 4 unspecified atom stereocenters. The Kier molecular flexibility index (Phi) is 5.34. The maximum absolute atomic E-state index is 6.36. The van der Waals surface area contributed by atoms with Gasteiger partial charge in [0, 0.05) is 6.04 Å². The highest BCUT2D eigenvalue weighted by Gasteiger charge is 2.26. The molecule has 1 aromatic rings. The molecule has 4 atom stereocenters. The monoisotopic (exact) mass is 295 g/mol. The number of rotatable bonds is 4. The van der Waals surface area contributed by atoms with E-state index in [1.807, 2.05) is 19.2 Å². The maximum atomic E-state index is 6.36. The number of hydrogen-bond acceptors (Lipinski definition) is 2. The molecule has 1 aliphatic carbocycles. The molecule has 0 aromatic heterocycles. The molecule has 1 aromatic carbocycles. The van der Waals surface area contributed by atoms with Crippen LogP contribution in [0, 0.1) is 11.8 Å². The quantitative estimate of drug-likeness (QED) is 0.859. The molecule has 0 spiro atoms. The van der Waals surface area contributed by atoms with Crippen molar-refractivity contribution in [2.24, 2.45) is 11.8 Å². The summed E-state index contributed by atoms with van der Waals surface area (Å²) < 4.78 is 6.12. The Morgan fingerprint density at radius 3 is 2.60 bits per heavy atom. The lowest BCUT2D eigenvalue weighted by molar-refractivity contribution is 0.101. The third-order valence-corrected chi connectivity index (χ3v) is 5.03. The molecular weight excluding hydrogens is 270 g/mol. The zero-order valence-corrected chi connectivity index (χ0v) is 13.7. The van der Waals surface area contributed by atoms with E-state index >= 15 is 0 Å². The van der Waals surface area contributed by atoms with E-state index in [1.165, 1.54) is 12.0 Å². The standard InChI is InChI=1S/C17H26ClNO/c1-11-5-7-15(9-12(11)2)20-17-8-6-14(10-16(17)18)13(3)19-4/h6,8,10-13,15,19H,5,7,9H2,1-4H3. The molecule has 112 valence electrons. The molecular formula is C17H26ClNO. The highest BCUT2D eigenvalue weighted by molar-refractivity contribution is 6.32. The first kappa shape index (κ1) is 15.7. The summed E-state index contributed by atoms with van der Waals surface area (Å²) >= 11 is 6.36. The van der Waals surface area contributed by atoms with Crippen LogP contribution in [0.4, 0.5) is 0 Å². The first-order valence-electron chi connectivity index (χ1n) is 7.64. The number of ether oxygens (including phenoxy) is 1. The van der Waals surface area contributed by atoms with Gasteiger partial charge in [-0.05, 0) is 62.8 Å². The van der Waals surface area contributed by atoms with Gasteiger partial charge in [-0.15, -0.1) is 0 Å². The van der Waals surface area contributed by atoms with Crippen molar-refractivity contribution in [1.82, 2.24) is 5.32 Å². The molecule has 1 N–H and O–H groups in total. The van der Waals surface area contributed by atoms with Gasteiger partial charge in [0.15, 0.2) is 0 Å². The van der Waals surface area contributed by atoms with Gasteiger partial charge < -0.3 is 10.1 Å². The van der Waals surface area contributed by atoms with Gasteiger partial charge in [-0.3, -0.25) is 0 Å². The van der Waals surface area contributed by atoms with Crippen LogP contribution in [0.15, 0.2) is 18.2 Å². The largest absolute Gasteiger partial charge is 0.489 e. The maximum Gasteiger partial charge on any atom is 0.138 e. The number of nitrogens with one attached hydrogen (secondary N) is 1. The molecule has 0 bridgehead atoms. The van der Waals surface area contributed by atoms with Crippen molar-refractivity contribution >= 4 is 11.6 Å². The lowest BCUT2D eigenvalue weighted by atomic mass is 9.80. The van der Waals surface area contributed by atoms with E-state index in [0.29, 0.717) is 12.1 Å². The van der Waals surface area contributed by atoms with Gasteiger partial charge in [0.05, 0.1) is 11.1 Å². The summed E-state index contributed by atoms with van der Waals surface area (Å²) in [6.45, 7) is 6.78. The first-order chi connectivity index (χ1) is 9.51. The highest BCUT2D eigenvalue weighted by atomic mass is 35.5. The summed E-state index contributed by atoms with van der Waals surface area (Å²) in [6.07, 6.45) is 3.83. The van der Waals surface area contributed by atoms with Gasteiger partial charge in [0.25, 0.3) is 0 Å². The second-order valence-corrected chi connectivity index (χ2v) is 6.61. The van der Waals surface area contributed by atoms with E-state index in [1.54, 1.807) is 0 Å². The highest BCUT2D eigenvalue weighted by Crippen LogP contribution is 2.34. The van der Waals surface area contributed by atoms with Crippen LogP contribution in [0.5, 0.6) is 5.75 Å². The Labute approximate surface area is 127 Å². The zero-order valence-electron chi connectivity index (χ0n) is 12.9. The number of hydrogen-bond donors (Lipinski definition) is 1. The van der Waals surface area contributed by atoms with Crippen molar-refractivity contribution in [3.05, 3.63) is 28.8 Å². The molecule has 0 heterocycles. The van der Waals surface area contributed by atoms with E-state index < -0.39 is 0 Å². The van der Waals surface area contributed by atoms with E-state index in [0.717, 1.165) is 35.4 Å². The van der Waals surface area contributed by atoms with Crippen LogP contribution in [-0.4, -0.2) is 13.2 Å². The van der Waals surface area contributed by atoms with Crippen LogP contribution < -0.4 is 10.1 Å². The summed E-state index contributed by atoms with van der Waals surface area (Å²) in [7, 11) is 1.95. The Morgan fingerprint density at radius 2 is 2.00 bits per heavy atom. The second-order valence-electron chi connectivity index (χ2n) is 6.21. The topological polar surface area (TPSA) is 21.3 Å². The van der Waals surface area contributed by atoms with Crippen molar-refractivity contribution < 1.29 is 4.74 Å². The Balaban J connectivity index is 2.03. The number of halogens is 1. The van der Waals surface area contributed by atoms with E-state index in [-0.39, 0.29) is 0 Å². The van der Waals surface area contributed by atoms with Crippen LogP contribution in [0.3, 0.4) is 0 Å². The van der Waals surface area contributed by atoms with E-state index in [4.69, 9.17) is 16.3 Å². The molecule has 1 fully saturated rings. The normalized spacial score (nSPS) is 28.1. The molecule has 0 radical (unpaired) electrons. The van der Waals surface area contributed by atoms with Gasteiger partial charge in [-0.25, -0.2) is 0 Å². The van der Waals surface area contributed by atoms with Gasteiger partial charge in [-0.2, -0.15) is 0 Å². The van der Waals surface area contributed by atoms with Crippen molar-refractivity contribution in [3.63, 3.8) is 0 Å². The lowest BCUT2D eigenvalue weighted by Crippen LogP contribution is -2.28. The third-order valence-electron chi connectivity index (χ3n) is 4.73. The minimum absolute atomic E-state index is 0.303. The Bertz CT molecular complexity index is 449. The molecule has 20 heavy (non-hydrogen) atoms. The van der Waals surface area contributed by atoms with Gasteiger partial charge in [0.1, 0.15) is 5.75 Å². The first-order valence-corrected chi connectivity index (χ1v) is 8.02. The Morgan fingerprint density at radius 1 is 1.25 bits per heavy atom. The fourth-order valence-corrected chi connectivity index (χ4v) is 3.07. The molecule has 0 aliphatic heterocycles. The minimum atomic E-state index is 0.303. The Hall–Kier alpha value is -0.730. The predicted molar refractivity (Wildman–Crippen MR) is 85.5 cm³/mol. The third kappa shape index (κ3) is 3.67. The van der Waals surface area contributed by atoms with Crippen molar-refractivity contribution in [2.75, 3.05) is 7.05 Å².